The van der Waals surface area contributed by atoms with Gasteiger partial charge < -0.3 is 5.32 Å². The van der Waals surface area contributed by atoms with Crippen LogP contribution in [0.3, 0.4) is 0 Å². The second-order valence-electron chi connectivity index (χ2n) is 6.03. The summed E-state index contributed by atoms with van der Waals surface area (Å²) in [5.74, 6) is 1.16. The number of nitrogens with one attached hydrogen (secondary N) is 2. The van der Waals surface area contributed by atoms with E-state index in [1.54, 1.807) is 12.5 Å². The highest BCUT2D eigenvalue weighted by atomic mass is 15.2. The van der Waals surface area contributed by atoms with Crippen molar-refractivity contribution in [2.24, 2.45) is 0 Å². The van der Waals surface area contributed by atoms with Crippen LogP contribution in [0.4, 0.5) is 5.82 Å². The topological polar surface area (TPSA) is 66.5 Å². The molecule has 0 saturated heterocycles. The first kappa shape index (κ1) is 15.3. The zero-order valence-corrected chi connectivity index (χ0v) is 13.8. The van der Waals surface area contributed by atoms with E-state index in [1.807, 2.05) is 0 Å². The first-order chi connectivity index (χ1) is 12.4. The number of benzene rings is 2. The van der Waals surface area contributed by atoms with Crippen molar-refractivity contribution < 1.29 is 0 Å². The molecule has 124 valence electrons. The van der Waals surface area contributed by atoms with Gasteiger partial charge in [0.15, 0.2) is 5.65 Å². The number of H-pyrrole nitrogens is 1. The SMILES string of the molecule is c1ccc(CC(CNc2ncnc3[nH]ncc23)c2ccccc2)cc1. The lowest BCUT2D eigenvalue weighted by molar-refractivity contribution is 0.715. The number of nitrogens with zero attached hydrogens (tertiary/aromatic N) is 3. The van der Waals surface area contributed by atoms with E-state index >= 15 is 0 Å². The maximum absolute atomic E-state index is 4.37. The molecule has 0 spiro atoms. The molecule has 1 atom stereocenters. The van der Waals surface area contributed by atoms with Gasteiger partial charge in [-0.15, -0.1) is 0 Å². The summed E-state index contributed by atoms with van der Waals surface area (Å²) >= 11 is 0. The van der Waals surface area contributed by atoms with E-state index in [0.717, 1.165) is 29.8 Å². The molecule has 0 saturated carbocycles. The number of rotatable bonds is 6. The van der Waals surface area contributed by atoms with Crippen molar-refractivity contribution in [2.75, 3.05) is 11.9 Å². The third-order valence-electron chi connectivity index (χ3n) is 4.36. The number of anilines is 1. The zero-order chi connectivity index (χ0) is 16.9. The summed E-state index contributed by atoms with van der Waals surface area (Å²) in [4.78, 5) is 8.56. The number of hydrogen-bond acceptors (Lipinski definition) is 4. The minimum atomic E-state index is 0.348. The van der Waals surface area contributed by atoms with Gasteiger partial charge in [0.2, 0.25) is 0 Å². The molecule has 0 bridgehead atoms. The Morgan fingerprint density at radius 2 is 1.68 bits per heavy atom. The minimum absolute atomic E-state index is 0.348. The summed E-state index contributed by atoms with van der Waals surface area (Å²) in [6, 6.07) is 21.2. The summed E-state index contributed by atoms with van der Waals surface area (Å²) in [5, 5.41) is 11.3. The predicted molar refractivity (Wildman–Crippen MR) is 99.5 cm³/mol. The third kappa shape index (κ3) is 3.50. The fourth-order valence-electron chi connectivity index (χ4n) is 3.06. The Labute approximate surface area is 146 Å². The van der Waals surface area contributed by atoms with Gasteiger partial charge in [0.25, 0.3) is 0 Å². The molecular formula is C20H19N5. The Hall–Kier alpha value is -3.21. The zero-order valence-electron chi connectivity index (χ0n) is 13.8. The summed E-state index contributed by atoms with van der Waals surface area (Å²) in [5.41, 5.74) is 3.39. The lowest BCUT2D eigenvalue weighted by Crippen LogP contribution is -2.16. The van der Waals surface area contributed by atoms with E-state index in [1.165, 1.54) is 11.1 Å². The van der Waals surface area contributed by atoms with E-state index in [9.17, 15) is 0 Å². The smallest absolute Gasteiger partial charge is 0.160 e. The fraction of sp³-hybridized carbons (Fsp3) is 0.150. The largest absolute Gasteiger partial charge is 0.369 e. The van der Waals surface area contributed by atoms with Gasteiger partial charge in [0, 0.05) is 12.5 Å². The average molecular weight is 329 g/mol. The van der Waals surface area contributed by atoms with Gasteiger partial charge in [-0.2, -0.15) is 5.10 Å². The van der Waals surface area contributed by atoms with Crippen LogP contribution in [-0.4, -0.2) is 26.7 Å². The number of fused-ring (bicyclic) bond motifs is 1. The van der Waals surface area contributed by atoms with Crippen LogP contribution in [0.25, 0.3) is 11.0 Å². The third-order valence-corrected chi connectivity index (χ3v) is 4.36. The van der Waals surface area contributed by atoms with Crippen LogP contribution >= 0.6 is 0 Å². The highest BCUT2D eigenvalue weighted by Gasteiger charge is 2.14. The molecule has 4 aromatic rings. The lowest BCUT2D eigenvalue weighted by Gasteiger charge is -2.19. The first-order valence-electron chi connectivity index (χ1n) is 8.37. The lowest BCUT2D eigenvalue weighted by atomic mass is 9.92. The van der Waals surface area contributed by atoms with Gasteiger partial charge in [-0.25, -0.2) is 9.97 Å². The van der Waals surface area contributed by atoms with Crippen molar-refractivity contribution >= 4 is 16.9 Å². The van der Waals surface area contributed by atoms with Crippen molar-refractivity contribution in [3.8, 4) is 0 Å². The summed E-state index contributed by atoms with van der Waals surface area (Å²) in [6.45, 7) is 0.788. The van der Waals surface area contributed by atoms with Gasteiger partial charge in [0.1, 0.15) is 12.1 Å². The minimum Gasteiger partial charge on any atom is -0.369 e. The highest BCUT2D eigenvalue weighted by Crippen LogP contribution is 2.23. The van der Waals surface area contributed by atoms with Gasteiger partial charge in [-0.3, -0.25) is 5.10 Å². The van der Waals surface area contributed by atoms with E-state index < -0.39 is 0 Å². The highest BCUT2D eigenvalue weighted by molar-refractivity contribution is 5.85. The average Bonchev–Trinajstić information content (AvgIpc) is 3.16. The van der Waals surface area contributed by atoms with Crippen molar-refractivity contribution in [1.29, 1.82) is 0 Å². The first-order valence-corrected chi connectivity index (χ1v) is 8.37. The molecule has 1 unspecified atom stereocenters. The van der Waals surface area contributed by atoms with Crippen LogP contribution in [0.15, 0.2) is 73.2 Å². The summed E-state index contributed by atoms with van der Waals surface area (Å²) in [7, 11) is 0. The molecule has 0 aliphatic carbocycles. The normalized spacial score (nSPS) is 12.2. The van der Waals surface area contributed by atoms with E-state index in [2.05, 4.69) is 86.1 Å². The molecule has 0 amide bonds. The Kier molecular flexibility index (Phi) is 4.37. The van der Waals surface area contributed by atoms with Crippen LogP contribution < -0.4 is 5.32 Å². The maximum Gasteiger partial charge on any atom is 0.160 e. The van der Waals surface area contributed by atoms with Crippen LogP contribution in [0.1, 0.15) is 17.0 Å². The molecule has 0 aliphatic rings. The molecule has 0 radical (unpaired) electrons. The summed E-state index contributed by atoms with van der Waals surface area (Å²) < 4.78 is 0. The molecule has 25 heavy (non-hydrogen) atoms. The molecule has 5 heteroatoms. The van der Waals surface area contributed by atoms with Crippen LogP contribution in [0.5, 0.6) is 0 Å². The molecule has 5 nitrogen and oxygen atoms in total. The van der Waals surface area contributed by atoms with Crippen LogP contribution in [-0.2, 0) is 6.42 Å². The van der Waals surface area contributed by atoms with Gasteiger partial charge >= 0.3 is 0 Å². The maximum atomic E-state index is 4.37. The van der Waals surface area contributed by atoms with Crippen LogP contribution in [0.2, 0.25) is 0 Å². The van der Waals surface area contributed by atoms with E-state index in [-0.39, 0.29) is 0 Å². The predicted octanol–water partition coefficient (Wildman–Crippen LogP) is 3.79. The fourth-order valence-corrected chi connectivity index (χ4v) is 3.06. The van der Waals surface area contributed by atoms with Crippen molar-refractivity contribution in [3.63, 3.8) is 0 Å². The Morgan fingerprint density at radius 1 is 0.920 bits per heavy atom. The second-order valence-corrected chi connectivity index (χ2v) is 6.03. The van der Waals surface area contributed by atoms with Gasteiger partial charge in [0.05, 0.1) is 11.6 Å². The number of aromatic nitrogens is 4. The van der Waals surface area contributed by atoms with E-state index in [0.29, 0.717) is 5.92 Å². The molecule has 2 N–H and O–H groups in total. The monoisotopic (exact) mass is 329 g/mol. The standard InChI is InChI=1S/C20H19N5/c1-3-7-15(8-4-1)11-17(16-9-5-2-6-10-16)12-21-19-18-13-24-25-20(18)23-14-22-19/h1-10,13-14,17H,11-12H2,(H2,21,22,23,24,25). The number of aromatic amines is 1. The molecule has 2 aromatic carbocycles. The molecular weight excluding hydrogens is 310 g/mol. The van der Waals surface area contributed by atoms with Gasteiger partial charge in [-0.1, -0.05) is 60.7 Å². The van der Waals surface area contributed by atoms with Gasteiger partial charge in [-0.05, 0) is 17.5 Å². The van der Waals surface area contributed by atoms with Crippen molar-refractivity contribution in [3.05, 3.63) is 84.3 Å². The Bertz CT molecular complexity index is 934. The van der Waals surface area contributed by atoms with Crippen molar-refractivity contribution in [2.45, 2.75) is 12.3 Å². The quantitative estimate of drug-likeness (QED) is 0.565. The van der Waals surface area contributed by atoms with E-state index in [4.69, 9.17) is 0 Å². The second kappa shape index (κ2) is 7.13. The molecule has 4 rings (SSSR count). The molecule has 0 aliphatic heterocycles. The van der Waals surface area contributed by atoms with Crippen molar-refractivity contribution in [1.82, 2.24) is 20.2 Å². The molecule has 0 fully saturated rings. The molecule has 2 heterocycles. The van der Waals surface area contributed by atoms with Crippen LogP contribution in [0, 0.1) is 0 Å². The molecule has 2 aromatic heterocycles. The number of hydrogen-bond donors (Lipinski definition) is 2. The summed E-state index contributed by atoms with van der Waals surface area (Å²) in [6.07, 6.45) is 4.28. The Morgan fingerprint density at radius 3 is 2.48 bits per heavy atom. The Balaban J connectivity index is 1.57.